The van der Waals surface area contributed by atoms with Crippen LogP contribution in [-0.4, -0.2) is 42.6 Å². The van der Waals surface area contributed by atoms with Gasteiger partial charge in [0.2, 0.25) is 5.91 Å². The predicted molar refractivity (Wildman–Crippen MR) is 87.8 cm³/mol. The molecule has 2 amide bonds. The molecule has 0 aliphatic heterocycles. The van der Waals surface area contributed by atoms with Gasteiger partial charge in [-0.2, -0.15) is 0 Å². The third-order valence-electron chi connectivity index (χ3n) is 3.93. The maximum absolute atomic E-state index is 12.1. The van der Waals surface area contributed by atoms with E-state index in [2.05, 4.69) is 10.6 Å². The van der Waals surface area contributed by atoms with E-state index in [1.807, 2.05) is 6.92 Å². The maximum atomic E-state index is 12.1. The van der Waals surface area contributed by atoms with Gasteiger partial charge in [0.15, 0.2) is 0 Å². The summed E-state index contributed by atoms with van der Waals surface area (Å²) in [5.41, 5.74) is -0.490. The highest BCUT2D eigenvalue weighted by atomic mass is 16.5. The number of anilines is 1. The van der Waals surface area contributed by atoms with Crippen LogP contribution in [0.3, 0.4) is 0 Å². The van der Waals surface area contributed by atoms with E-state index >= 15 is 0 Å². The molecule has 1 aromatic carbocycles. The van der Waals surface area contributed by atoms with Crippen molar-refractivity contribution >= 4 is 23.5 Å². The number of amides is 2. The van der Waals surface area contributed by atoms with Crippen LogP contribution in [-0.2, 0) is 14.3 Å². The Kier molecular flexibility index (Phi) is 5.92. The number of ether oxygens (including phenoxy) is 1. The molecule has 0 bridgehead atoms. The first kappa shape index (κ1) is 17.9. The van der Waals surface area contributed by atoms with Crippen molar-refractivity contribution in [1.29, 1.82) is 0 Å². The van der Waals surface area contributed by atoms with E-state index in [0.717, 1.165) is 6.42 Å². The molecule has 1 fully saturated rings. The third-order valence-corrected chi connectivity index (χ3v) is 3.93. The van der Waals surface area contributed by atoms with Gasteiger partial charge in [0.25, 0.3) is 5.91 Å². The smallest absolute Gasteiger partial charge is 0.319 e. The van der Waals surface area contributed by atoms with Crippen molar-refractivity contribution in [3.63, 3.8) is 0 Å². The normalized spacial score (nSPS) is 14.7. The second-order valence-corrected chi connectivity index (χ2v) is 5.73. The minimum absolute atomic E-state index is 0.248. The van der Waals surface area contributed by atoms with Crippen LogP contribution in [0.5, 0.6) is 0 Å². The molecule has 1 aliphatic carbocycles. The zero-order valence-corrected chi connectivity index (χ0v) is 13.6. The van der Waals surface area contributed by atoms with Crippen LogP contribution >= 0.6 is 0 Å². The van der Waals surface area contributed by atoms with E-state index < -0.39 is 17.3 Å². The van der Waals surface area contributed by atoms with Crippen molar-refractivity contribution in [3.8, 4) is 0 Å². The number of aliphatic carboxylic acids is 1. The first-order valence-electron chi connectivity index (χ1n) is 8.00. The molecule has 0 spiro atoms. The summed E-state index contributed by atoms with van der Waals surface area (Å²) in [5.74, 6) is -1.89. The molecule has 7 nitrogen and oxygen atoms in total. The summed E-state index contributed by atoms with van der Waals surface area (Å²) in [6.45, 7) is 3.64. The van der Waals surface area contributed by atoms with Gasteiger partial charge < -0.3 is 20.5 Å². The standard InChI is InChI=1S/C17H22N2O5/c1-2-24-10-4-9-18-14(20)12-5-3-6-13(11-12)19-15(21)17(7-8-17)16(22)23/h3,5-6,11H,2,4,7-10H2,1H3,(H,18,20)(H,19,21)(H,22,23). The van der Waals surface area contributed by atoms with E-state index in [-0.39, 0.29) is 5.91 Å². The number of nitrogens with one attached hydrogen (secondary N) is 2. The molecular formula is C17H22N2O5. The average molecular weight is 334 g/mol. The zero-order chi connectivity index (χ0) is 17.6. The van der Waals surface area contributed by atoms with Gasteiger partial charge >= 0.3 is 5.97 Å². The van der Waals surface area contributed by atoms with Gasteiger partial charge in [-0.25, -0.2) is 0 Å². The number of carboxylic acid groups (broad SMARTS) is 1. The van der Waals surface area contributed by atoms with Crippen molar-refractivity contribution in [2.24, 2.45) is 5.41 Å². The number of hydrogen-bond acceptors (Lipinski definition) is 4. The topological polar surface area (TPSA) is 105 Å². The van der Waals surface area contributed by atoms with E-state index in [4.69, 9.17) is 9.84 Å². The lowest BCUT2D eigenvalue weighted by Gasteiger charge is -2.12. The minimum atomic E-state index is -1.31. The average Bonchev–Trinajstić information content (AvgIpc) is 3.36. The second-order valence-electron chi connectivity index (χ2n) is 5.73. The van der Waals surface area contributed by atoms with E-state index in [9.17, 15) is 14.4 Å². The Labute approximate surface area is 140 Å². The summed E-state index contributed by atoms with van der Waals surface area (Å²) in [4.78, 5) is 35.3. The summed E-state index contributed by atoms with van der Waals surface area (Å²) >= 11 is 0. The number of hydrogen-bond donors (Lipinski definition) is 3. The highest BCUT2D eigenvalue weighted by molar-refractivity contribution is 6.11. The van der Waals surface area contributed by atoms with Crippen molar-refractivity contribution in [1.82, 2.24) is 5.32 Å². The van der Waals surface area contributed by atoms with Gasteiger partial charge in [0, 0.05) is 31.0 Å². The fourth-order valence-electron chi connectivity index (χ4n) is 2.27. The lowest BCUT2D eigenvalue weighted by molar-refractivity contribution is -0.147. The van der Waals surface area contributed by atoms with Crippen LogP contribution < -0.4 is 10.6 Å². The molecule has 24 heavy (non-hydrogen) atoms. The quantitative estimate of drug-likeness (QED) is 0.470. The van der Waals surface area contributed by atoms with Crippen LogP contribution in [0, 0.1) is 5.41 Å². The van der Waals surface area contributed by atoms with Crippen molar-refractivity contribution in [2.75, 3.05) is 25.1 Å². The maximum Gasteiger partial charge on any atom is 0.319 e. The third kappa shape index (κ3) is 4.32. The first-order chi connectivity index (χ1) is 11.5. The van der Waals surface area contributed by atoms with Crippen molar-refractivity contribution in [3.05, 3.63) is 29.8 Å². The van der Waals surface area contributed by atoms with Gasteiger partial charge in [-0.1, -0.05) is 6.07 Å². The van der Waals surface area contributed by atoms with Gasteiger partial charge in [-0.15, -0.1) is 0 Å². The molecule has 0 radical (unpaired) electrons. The molecule has 7 heteroatoms. The molecular weight excluding hydrogens is 312 g/mol. The Morgan fingerprint density at radius 2 is 2.04 bits per heavy atom. The van der Waals surface area contributed by atoms with E-state index in [1.54, 1.807) is 18.2 Å². The Morgan fingerprint density at radius 1 is 1.29 bits per heavy atom. The first-order valence-corrected chi connectivity index (χ1v) is 8.00. The Hall–Kier alpha value is -2.41. The highest BCUT2D eigenvalue weighted by Crippen LogP contribution is 2.46. The molecule has 0 aromatic heterocycles. The van der Waals surface area contributed by atoms with Crippen molar-refractivity contribution in [2.45, 2.75) is 26.2 Å². The molecule has 0 atom stereocenters. The largest absolute Gasteiger partial charge is 0.480 e. The number of benzene rings is 1. The monoisotopic (exact) mass is 334 g/mol. The molecule has 3 N–H and O–H groups in total. The van der Waals surface area contributed by atoms with Gasteiger partial charge in [-0.3, -0.25) is 14.4 Å². The molecule has 1 aromatic rings. The molecule has 2 rings (SSSR count). The number of rotatable bonds is 9. The number of carbonyl (C=O) groups is 3. The fraction of sp³-hybridized carbons (Fsp3) is 0.471. The molecule has 0 heterocycles. The Bertz CT molecular complexity index is 625. The van der Waals surface area contributed by atoms with Crippen molar-refractivity contribution < 1.29 is 24.2 Å². The van der Waals surface area contributed by atoms with Gasteiger partial charge in [0.1, 0.15) is 5.41 Å². The summed E-state index contributed by atoms with van der Waals surface area (Å²) in [6.07, 6.45) is 1.40. The predicted octanol–water partition coefficient (Wildman–Crippen LogP) is 1.65. The van der Waals surface area contributed by atoms with Crippen LogP contribution in [0.4, 0.5) is 5.69 Å². The fourth-order valence-corrected chi connectivity index (χ4v) is 2.27. The van der Waals surface area contributed by atoms with Gasteiger partial charge in [-0.05, 0) is 44.4 Å². The SMILES string of the molecule is CCOCCCNC(=O)c1cccc(NC(=O)C2(C(=O)O)CC2)c1. The lowest BCUT2D eigenvalue weighted by Crippen LogP contribution is -2.31. The summed E-state index contributed by atoms with van der Waals surface area (Å²) < 4.78 is 5.19. The lowest BCUT2D eigenvalue weighted by atomic mass is 10.1. The zero-order valence-electron chi connectivity index (χ0n) is 13.6. The van der Waals surface area contributed by atoms with Crippen LogP contribution in [0.2, 0.25) is 0 Å². The van der Waals surface area contributed by atoms with Crippen LogP contribution in [0.25, 0.3) is 0 Å². The van der Waals surface area contributed by atoms with E-state index in [1.165, 1.54) is 6.07 Å². The molecule has 0 saturated heterocycles. The molecule has 1 aliphatic rings. The van der Waals surface area contributed by atoms with Crippen LogP contribution in [0.15, 0.2) is 24.3 Å². The highest BCUT2D eigenvalue weighted by Gasteiger charge is 2.57. The summed E-state index contributed by atoms with van der Waals surface area (Å²) in [6, 6.07) is 6.44. The second kappa shape index (κ2) is 7.92. The van der Waals surface area contributed by atoms with E-state index in [0.29, 0.717) is 43.9 Å². The summed E-state index contributed by atoms with van der Waals surface area (Å²) in [7, 11) is 0. The Morgan fingerprint density at radius 3 is 2.67 bits per heavy atom. The number of carboxylic acids is 1. The molecule has 1 saturated carbocycles. The molecule has 130 valence electrons. The Balaban J connectivity index is 1.90. The molecule has 0 unspecified atom stereocenters. The number of carbonyl (C=O) groups excluding carboxylic acids is 2. The summed E-state index contributed by atoms with van der Waals surface area (Å²) in [5, 5.41) is 14.5. The minimum Gasteiger partial charge on any atom is -0.480 e. The van der Waals surface area contributed by atoms with Crippen LogP contribution in [0.1, 0.15) is 36.5 Å². The van der Waals surface area contributed by atoms with Gasteiger partial charge in [0.05, 0.1) is 0 Å².